The Labute approximate surface area is 129 Å². The normalized spacial score (nSPS) is 10.1. The lowest BCUT2D eigenvalue weighted by atomic mass is 10.1. The van der Waals surface area contributed by atoms with Gasteiger partial charge in [0.15, 0.2) is 6.73 Å². The number of carbonyl (C=O) groups is 2. The van der Waals surface area contributed by atoms with Crippen LogP contribution in [0.3, 0.4) is 0 Å². The highest BCUT2D eigenvalue weighted by molar-refractivity contribution is 6.32. The fourth-order valence-electron chi connectivity index (χ4n) is 1.80. The van der Waals surface area contributed by atoms with E-state index in [0.717, 1.165) is 16.0 Å². The maximum atomic E-state index is 11.8. The molecule has 0 aliphatic rings. The first-order valence-corrected chi connectivity index (χ1v) is 6.90. The Hall–Kier alpha value is -1.79. The van der Waals surface area contributed by atoms with Crippen LogP contribution in [0.4, 0.5) is 4.79 Å². The molecule has 1 aromatic carbocycles. The number of amides is 3. The summed E-state index contributed by atoms with van der Waals surface area (Å²) in [6.45, 7) is 5.39. The first-order valence-electron chi connectivity index (χ1n) is 6.52. The Morgan fingerprint density at radius 3 is 2.38 bits per heavy atom. The summed E-state index contributed by atoms with van der Waals surface area (Å²) in [5.41, 5.74) is 7.14. The summed E-state index contributed by atoms with van der Waals surface area (Å²) in [7, 11) is 0. The molecule has 6 nitrogen and oxygen atoms in total. The number of nitrogens with zero attached hydrogens (tertiary/aromatic N) is 1. The van der Waals surface area contributed by atoms with Crippen LogP contribution in [0.2, 0.25) is 5.02 Å². The van der Waals surface area contributed by atoms with Crippen LogP contribution < -0.4 is 15.8 Å². The standard InChI is InChI=1S/C14H20ClN3O3/c1-9-6-12(7-10(2)13(9)15)21-8-17-14(20)18(5-4-16)11(3)19/h6-7H,4-5,8,16H2,1-3H3,(H,17,20). The van der Waals surface area contributed by atoms with Crippen LogP contribution in [0.1, 0.15) is 18.1 Å². The molecule has 0 spiro atoms. The predicted molar refractivity (Wildman–Crippen MR) is 81.4 cm³/mol. The fourth-order valence-corrected chi connectivity index (χ4v) is 1.91. The van der Waals surface area contributed by atoms with Gasteiger partial charge in [-0.15, -0.1) is 0 Å². The van der Waals surface area contributed by atoms with Gasteiger partial charge in [-0.3, -0.25) is 9.69 Å². The molecule has 21 heavy (non-hydrogen) atoms. The van der Waals surface area contributed by atoms with Gasteiger partial charge in [-0.1, -0.05) is 11.6 Å². The van der Waals surface area contributed by atoms with Gasteiger partial charge in [-0.05, 0) is 37.1 Å². The number of hydrogen-bond donors (Lipinski definition) is 2. The molecule has 0 fully saturated rings. The molecule has 0 aliphatic heterocycles. The van der Waals surface area contributed by atoms with E-state index < -0.39 is 6.03 Å². The number of carbonyl (C=O) groups excluding carboxylic acids is 2. The van der Waals surface area contributed by atoms with Gasteiger partial charge in [0.1, 0.15) is 5.75 Å². The molecule has 3 N–H and O–H groups in total. The molecule has 0 unspecified atom stereocenters. The summed E-state index contributed by atoms with van der Waals surface area (Å²) in [5.74, 6) is 0.235. The minimum atomic E-state index is -0.532. The van der Waals surface area contributed by atoms with Crippen molar-refractivity contribution in [3.05, 3.63) is 28.3 Å². The van der Waals surface area contributed by atoms with Gasteiger partial charge in [-0.25, -0.2) is 4.79 Å². The van der Waals surface area contributed by atoms with Crippen molar-refractivity contribution in [1.29, 1.82) is 0 Å². The van der Waals surface area contributed by atoms with Gasteiger partial charge in [-0.2, -0.15) is 0 Å². The van der Waals surface area contributed by atoms with Gasteiger partial charge < -0.3 is 15.8 Å². The van der Waals surface area contributed by atoms with Crippen molar-refractivity contribution in [3.63, 3.8) is 0 Å². The second-order valence-corrected chi connectivity index (χ2v) is 4.98. The average Bonchev–Trinajstić information content (AvgIpc) is 2.41. The number of nitrogens with one attached hydrogen (secondary N) is 1. The third kappa shape index (κ3) is 4.91. The van der Waals surface area contributed by atoms with Crippen LogP contribution in [0.25, 0.3) is 0 Å². The third-order valence-corrected chi connectivity index (χ3v) is 3.45. The smallest absolute Gasteiger partial charge is 0.326 e. The van der Waals surface area contributed by atoms with E-state index in [4.69, 9.17) is 22.1 Å². The monoisotopic (exact) mass is 313 g/mol. The topological polar surface area (TPSA) is 84.7 Å². The molecular formula is C14H20ClN3O3. The Morgan fingerprint density at radius 1 is 1.33 bits per heavy atom. The molecule has 0 saturated heterocycles. The van der Waals surface area contributed by atoms with Gasteiger partial charge in [0, 0.05) is 25.0 Å². The highest BCUT2D eigenvalue weighted by Gasteiger charge is 2.16. The largest absolute Gasteiger partial charge is 0.473 e. The molecule has 116 valence electrons. The molecule has 1 aromatic rings. The van der Waals surface area contributed by atoms with Crippen LogP contribution in [-0.2, 0) is 4.79 Å². The lowest BCUT2D eigenvalue weighted by Gasteiger charge is -2.19. The average molecular weight is 314 g/mol. The third-order valence-electron chi connectivity index (χ3n) is 2.85. The number of urea groups is 1. The number of rotatable bonds is 5. The van der Waals surface area contributed by atoms with E-state index >= 15 is 0 Å². The molecule has 0 saturated carbocycles. The first kappa shape index (κ1) is 17.3. The van der Waals surface area contributed by atoms with E-state index in [1.54, 1.807) is 12.1 Å². The Morgan fingerprint density at radius 2 is 1.90 bits per heavy atom. The summed E-state index contributed by atoms with van der Waals surface area (Å²) in [6, 6.07) is 3.03. The minimum Gasteiger partial charge on any atom is -0.473 e. The molecule has 0 heterocycles. The van der Waals surface area contributed by atoms with Crippen molar-refractivity contribution >= 4 is 23.5 Å². The van der Waals surface area contributed by atoms with E-state index in [9.17, 15) is 9.59 Å². The van der Waals surface area contributed by atoms with E-state index in [0.29, 0.717) is 10.8 Å². The lowest BCUT2D eigenvalue weighted by Crippen LogP contribution is -2.46. The summed E-state index contributed by atoms with van der Waals surface area (Å²) in [4.78, 5) is 24.1. The van der Waals surface area contributed by atoms with Gasteiger partial charge in [0.05, 0.1) is 0 Å². The molecule has 0 aromatic heterocycles. The summed E-state index contributed by atoms with van der Waals surface area (Å²) < 4.78 is 5.44. The fraction of sp³-hybridized carbons (Fsp3) is 0.429. The molecule has 1 rings (SSSR count). The Kier molecular flexibility index (Phi) is 6.45. The van der Waals surface area contributed by atoms with Gasteiger partial charge >= 0.3 is 6.03 Å². The van der Waals surface area contributed by atoms with E-state index in [2.05, 4.69) is 5.32 Å². The summed E-state index contributed by atoms with van der Waals surface area (Å²) in [6.07, 6.45) is 0. The van der Waals surface area contributed by atoms with E-state index in [-0.39, 0.29) is 25.7 Å². The van der Waals surface area contributed by atoms with Gasteiger partial charge in [0.25, 0.3) is 0 Å². The molecule has 0 radical (unpaired) electrons. The maximum Gasteiger partial charge on any atom is 0.326 e. The Bertz CT molecular complexity index is 511. The molecule has 0 aliphatic carbocycles. The quantitative estimate of drug-likeness (QED) is 0.812. The molecule has 7 heteroatoms. The number of hydrogen-bond acceptors (Lipinski definition) is 4. The zero-order chi connectivity index (χ0) is 16.0. The maximum absolute atomic E-state index is 11.8. The van der Waals surface area contributed by atoms with Crippen LogP contribution in [0.15, 0.2) is 12.1 Å². The first-order chi connectivity index (χ1) is 9.86. The molecule has 0 bridgehead atoms. The second kappa shape index (κ2) is 7.85. The number of halogens is 1. The Balaban J connectivity index is 2.57. The van der Waals surface area contributed by atoms with E-state index in [1.807, 2.05) is 13.8 Å². The van der Waals surface area contributed by atoms with Crippen LogP contribution >= 0.6 is 11.6 Å². The summed E-state index contributed by atoms with van der Waals surface area (Å²) >= 11 is 6.06. The second-order valence-electron chi connectivity index (χ2n) is 4.60. The van der Waals surface area contributed by atoms with Gasteiger partial charge in [0.2, 0.25) is 5.91 Å². The number of nitrogens with two attached hydrogens (primary N) is 1. The van der Waals surface area contributed by atoms with Crippen molar-refractivity contribution in [3.8, 4) is 5.75 Å². The lowest BCUT2D eigenvalue weighted by molar-refractivity contribution is -0.125. The van der Waals surface area contributed by atoms with Crippen molar-refractivity contribution in [2.24, 2.45) is 5.73 Å². The van der Waals surface area contributed by atoms with E-state index in [1.165, 1.54) is 6.92 Å². The SMILES string of the molecule is CC(=O)N(CCN)C(=O)NCOc1cc(C)c(Cl)c(C)c1. The minimum absolute atomic E-state index is 0.0479. The number of aryl methyl sites for hydroxylation is 2. The number of benzene rings is 1. The highest BCUT2D eigenvalue weighted by Crippen LogP contribution is 2.25. The van der Waals surface area contributed by atoms with Crippen molar-refractivity contribution < 1.29 is 14.3 Å². The molecule has 3 amide bonds. The molecule has 0 atom stereocenters. The van der Waals surface area contributed by atoms with Crippen molar-refractivity contribution in [1.82, 2.24) is 10.2 Å². The van der Waals surface area contributed by atoms with Crippen molar-refractivity contribution in [2.75, 3.05) is 19.8 Å². The predicted octanol–water partition coefficient (Wildman–Crippen LogP) is 1.81. The van der Waals surface area contributed by atoms with Crippen LogP contribution in [0, 0.1) is 13.8 Å². The summed E-state index contributed by atoms with van der Waals surface area (Å²) in [5, 5.41) is 3.20. The molecular weight excluding hydrogens is 294 g/mol. The van der Waals surface area contributed by atoms with Crippen molar-refractivity contribution in [2.45, 2.75) is 20.8 Å². The highest BCUT2D eigenvalue weighted by atomic mass is 35.5. The zero-order valence-corrected chi connectivity index (χ0v) is 13.2. The number of imide groups is 1. The van der Waals surface area contributed by atoms with Crippen LogP contribution in [-0.4, -0.2) is 36.7 Å². The number of ether oxygens (including phenoxy) is 1. The van der Waals surface area contributed by atoms with Crippen LogP contribution in [0.5, 0.6) is 5.75 Å². The zero-order valence-electron chi connectivity index (χ0n) is 12.4.